The van der Waals surface area contributed by atoms with E-state index in [1.54, 1.807) is 0 Å². The fraction of sp³-hybridized carbons (Fsp3) is 0.650. The summed E-state index contributed by atoms with van der Waals surface area (Å²) in [7, 11) is 0. The van der Waals surface area contributed by atoms with Gasteiger partial charge in [0.2, 0.25) is 0 Å². The number of amides is 1. The van der Waals surface area contributed by atoms with Gasteiger partial charge in [-0.2, -0.15) is 0 Å². The van der Waals surface area contributed by atoms with E-state index in [0.717, 1.165) is 31.7 Å². The maximum Gasteiger partial charge on any atom is 0.263 e. The Balaban J connectivity index is 1.96. The summed E-state index contributed by atoms with van der Waals surface area (Å²) < 4.78 is 5.87. The lowest BCUT2D eigenvalue weighted by Gasteiger charge is -2.35. The predicted molar refractivity (Wildman–Crippen MR) is 98.2 cm³/mol. The van der Waals surface area contributed by atoms with Crippen molar-refractivity contribution in [3.8, 4) is 5.75 Å². The van der Waals surface area contributed by atoms with Gasteiger partial charge in [0.25, 0.3) is 5.91 Å². The maximum atomic E-state index is 12.7. The Hall–Kier alpha value is -1.55. The van der Waals surface area contributed by atoms with Crippen LogP contribution in [0.2, 0.25) is 0 Å². The molecule has 134 valence electrons. The summed E-state index contributed by atoms with van der Waals surface area (Å²) in [6.07, 6.45) is 1.65. The first kappa shape index (κ1) is 18.8. The van der Waals surface area contributed by atoms with Crippen molar-refractivity contribution in [2.24, 2.45) is 11.7 Å². The number of ether oxygens (including phenoxy) is 1. The summed E-state index contributed by atoms with van der Waals surface area (Å²) in [6.45, 7) is 11.9. The van der Waals surface area contributed by atoms with Gasteiger partial charge in [-0.3, -0.25) is 4.79 Å². The number of piperidine rings is 1. The van der Waals surface area contributed by atoms with E-state index in [9.17, 15) is 4.79 Å². The van der Waals surface area contributed by atoms with Crippen LogP contribution in [0.4, 0.5) is 0 Å². The van der Waals surface area contributed by atoms with Crippen LogP contribution in [0, 0.1) is 5.92 Å². The van der Waals surface area contributed by atoms with E-state index in [1.165, 1.54) is 5.56 Å². The molecule has 1 aromatic carbocycles. The van der Waals surface area contributed by atoms with E-state index in [4.69, 9.17) is 10.5 Å². The minimum absolute atomic E-state index is 0.0558. The number of carbonyl (C=O) groups is 1. The number of carbonyl (C=O) groups excluding carboxylic acids is 1. The molecule has 1 aromatic rings. The molecule has 1 aliphatic rings. The third kappa shape index (κ3) is 4.73. The molecule has 0 aliphatic carbocycles. The zero-order valence-corrected chi connectivity index (χ0v) is 15.7. The Bertz CT molecular complexity index is 546. The van der Waals surface area contributed by atoms with Gasteiger partial charge in [0.1, 0.15) is 5.75 Å². The summed E-state index contributed by atoms with van der Waals surface area (Å²) in [5, 5.41) is 0. The second kappa shape index (κ2) is 7.56. The zero-order chi connectivity index (χ0) is 17.9. The molecule has 0 aromatic heterocycles. The van der Waals surface area contributed by atoms with Gasteiger partial charge in [0, 0.05) is 19.1 Å². The summed E-state index contributed by atoms with van der Waals surface area (Å²) in [4.78, 5) is 14.6. The van der Waals surface area contributed by atoms with Crippen molar-refractivity contribution >= 4 is 5.91 Å². The number of hydrogen-bond donors (Lipinski definition) is 1. The van der Waals surface area contributed by atoms with Gasteiger partial charge >= 0.3 is 0 Å². The van der Waals surface area contributed by atoms with Crippen molar-refractivity contribution in [2.45, 2.75) is 65.0 Å². The van der Waals surface area contributed by atoms with Crippen LogP contribution in [-0.4, -0.2) is 36.0 Å². The normalized spacial score (nSPS) is 21.2. The smallest absolute Gasteiger partial charge is 0.263 e. The minimum Gasteiger partial charge on any atom is -0.481 e. The lowest BCUT2D eigenvalue weighted by atomic mass is 9.87. The molecule has 4 nitrogen and oxygen atoms in total. The third-order valence-electron chi connectivity index (χ3n) is 4.89. The zero-order valence-electron chi connectivity index (χ0n) is 15.7. The second-order valence-electron chi connectivity index (χ2n) is 8.08. The van der Waals surface area contributed by atoms with E-state index >= 15 is 0 Å². The van der Waals surface area contributed by atoms with Gasteiger partial charge in [0.05, 0.1) is 0 Å². The van der Waals surface area contributed by atoms with Gasteiger partial charge in [-0.15, -0.1) is 0 Å². The highest BCUT2D eigenvalue weighted by atomic mass is 16.5. The van der Waals surface area contributed by atoms with E-state index in [-0.39, 0.29) is 17.4 Å². The Kier molecular flexibility index (Phi) is 5.92. The van der Waals surface area contributed by atoms with Crippen molar-refractivity contribution in [1.29, 1.82) is 0 Å². The molecule has 24 heavy (non-hydrogen) atoms. The molecular formula is C20H32N2O2. The highest BCUT2D eigenvalue weighted by Gasteiger charge is 2.29. The van der Waals surface area contributed by atoms with Crippen molar-refractivity contribution in [2.75, 3.05) is 13.1 Å². The van der Waals surface area contributed by atoms with Crippen LogP contribution in [0.5, 0.6) is 5.75 Å². The van der Waals surface area contributed by atoms with E-state index < -0.39 is 6.10 Å². The Morgan fingerprint density at radius 3 is 2.42 bits per heavy atom. The molecular weight excluding hydrogens is 300 g/mol. The van der Waals surface area contributed by atoms with Crippen LogP contribution in [0.15, 0.2) is 24.3 Å². The molecule has 3 unspecified atom stereocenters. The maximum absolute atomic E-state index is 12.7. The summed E-state index contributed by atoms with van der Waals surface area (Å²) in [5.41, 5.74) is 7.38. The molecule has 1 fully saturated rings. The number of hydrogen-bond acceptors (Lipinski definition) is 3. The molecule has 1 saturated heterocycles. The molecule has 0 spiro atoms. The second-order valence-corrected chi connectivity index (χ2v) is 8.08. The molecule has 3 atom stereocenters. The van der Waals surface area contributed by atoms with Crippen LogP contribution in [0.1, 0.15) is 53.0 Å². The molecule has 4 heteroatoms. The molecule has 2 N–H and O–H groups in total. The molecule has 0 saturated carbocycles. The first-order valence-electron chi connectivity index (χ1n) is 9.00. The minimum atomic E-state index is -0.475. The van der Waals surface area contributed by atoms with Gasteiger partial charge in [-0.05, 0) is 55.7 Å². The van der Waals surface area contributed by atoms with Crippen LogP contribution in [-0.2, 0) is 10.2 Å². The molecule has 0 radical (unpaired) electrons. The van der Waals surface area contributed by atoms with Gasteiger partial charge in [-0.1, -0.05) is 32.9 Å². The van der Waals surface area contributed by atoms with Crippen molar-refractivity contribution in [1.82, 2.24) is 4.90 Å². The first-order chi connectivity index (χ1) is 11.2. The largest absolute Gasteiger partial charge is 0.481 e. The monoisotopic (exact) mass is 332 g/mol. The summed E-state index contributed by atoms with van der Waals surface area (Å²) in [5.74, 6) is 1.19. The van der Waals surface area contributed by atoms with E-state index in [1.807, 2.05) is 30.9 Å². The lowest BCUT2D eigenvalue weighted by Crippen LogP contribution is -2.48. The molecule has 1 heterocycles. The standard InChI is InChI=1S/C20H32N2O2/c1-14(21)16-7-6-12-22(13-16)19(23)15(2)24-18-10-8-17(9-11-18)20(3,4)5/h8-11,14-16H,6-7,12-13,21H2,1-5H3. The van der Waals surface area contributed by atoms with Crippen LogP contribution < -0.4 is 10.5 Å². The van der Waals surface area contributed by atoms with Gasteiger partial charge < -0.3 is 15.4 Å². The Morgan fingerprint density at radius 2 is 1.88 bits per heavy atom. The Labute approximate surface area is 146 Å². The Morgan fingerprint density at radius 1 is 1.25 bits per heavy atom. The van der Waals surface area contributed by atoms with Gasteiger partial charge in [-0.25, -0.2) is 0 Å². The van der Waals surface area contributed by atoms with Crippen molar-refractivity contribution in [3.05, 3.63) is 29.8 Å². The highest BCUT2D eigenvalue weighted by Crippen LogP contribution is 2.25. The summed E-state index contributed by atoms with van der Waals surface area (Å²) >= 11 is 0. The average Bonchev–Trinajstić information content (AvgIpc) is 2.53. The fourth-order valence-electron chi connectivity index (χ4n) is 3.18. The number of nitrogens with two attached hydrogens (primary N) is 1. The number of nitrogens with zero attached hydrogens (tertiary/aromatic N) is 1. The van der Waals surface area contributed by atoms with E-state index in [0.29, 0.717) is 5.92 Å². The molecule has 2 rings (SSSR count). The number of likely N-dealkylation sites (tertiary alicyclic amines) is 1. The average molecular weight is 332 g/mol. The van der Waals surface area contributed by atoms with Crippen molar-refractivity contribution < 1.29 is 9.53 Å². The lowest BCUT2D eigenvalue weighted by molar-refractivity contribution is -0.139. The fourth-order valence-corrected chi connectivity index (χ4v) is 3.18. The summed E-state index contributed by atoms with van der Waals surface area (Å²) in [6, 6.07) is 8.16. The third-order valence-corrected chi connectivity index (χ3v) is 4.89. The van der Waals surface area contributed by atoms with Gasteiger partial charge in [0.15, 0.2) is 6.10 Å². The topological polar surface area (TPSA) is 55.6 Å². The quantitative estimate of drug-likeness (QED) is 0.920. The molecule has 1 amide bonds. The van der Waals surface area contributed by atoms with Crippen LogP contribution in [0.25, 0.3) is 0 Å². The van der Waals surface area contributed by atoms with Crippen molar-refractivity contribution in [3.63, 3.8) is 0 Å². The molecule has 0 bridgehead atoms. The SMILES string of the molecule is CC(Oc1ccc(C(C)(C)C)cc1)C(=O)N1CCCC(C(C)N)C1. The number of rotatable bonds is 4. The van der Waals surface area contributed by atoms with E-state index in [2.05, 4.69) is 32.9 Å². The highest BCUT2D eigenvalue weighted by molar-refractivity contribution is 5.81. The predicted octanol–water partition coefficient (Wildman–Crippen LogP) is 3.34. The first-order valence-corrected chi connectivity index (χ1v) is 9.00. The van der Waals surface area contributed by atoms with Crippen LogP contribution >= 0.6 is 0 Å². The number of benzene rings is 1. The van der Waals surface area contributed by atoms with Crippen LogP contribution in [0.3, 0.4) is 0 Å². The molecule has 1 aliphatic heterocycles.